The summed E-state index contributed by atoms with van der Waals surface area (Å²) in [7, 11) is 0. The summed E-state index contributed by atoms with van der Waals surface area (Å²) in [5.41, 5.74) is 11.0. The van der Waals surface area contributed by atoms with Gasteiger partial charge in [-0.2, -0.15) is 0 Å². The Morgan fingerprint density at radius 1 is 0.309 bits per heavy atom. The van der Waals surface area contributed by atoms with Crippen LogP contribution in [0, 0.1) is 110 Å². The standard InChI is InChI=1S/2C29H58.C27H54.C5H12.C4H8/c1-22(2)16-26(8,9)20-27(10,11)17-24(23(3)4)18-28(12,13)21-29(14,15)19-25(5,6)7;1-16-29(15,21-27(11,12)19-25(7,8)17-23(2)3)22-28(13,14)20-26(9,10)18-24(4,5)6;1-21(2)27(13,14)20-24(7,8)16-15-22(3)17-25(9,10)19-26(11,12)18-23(4,5)6;1-4-5(2)3;1-4(2)3/h23-24H,1,16-21H2,2-15H3;2,16-22H2,1,3-15H3;22H,1,15-20H2,2-14H3;5H,4H2,1-3H3;1H2,2-3H3/t24-;29-;22-;;/m000../s1. The molecule has 3 atom stereocenters. The molecule has 94 heavy (non-hydrogen) atoms. The van der Waals surface area contributed by atoms with Gasteiger partial charge in [0.05, 0.1) is 0 Å². The summed E-state index contributed by atoms with van der Waals surface area (Å²) in [5, 5.41) is 0. The Hall–Kier alpha value is -1.04. The molecule has 0 fully saturated rings. The fourth-order valence-corrected chi connectivity index (χ4v) is 20.8. The normalized spacial score (nSPS) is 15.3. The van der Waals surface area contributed by atoms with Crippen LogP contribution in [-0.2, 0) is 0 Å². The van der Waals surface area contributed by atoms with Crippen LogP contribution >= 0.6 is 0 Å². The molecule has 0 amide bonds. The average molecular weight is 1320 g/mol. The quantitative estimate of drug-likeness (QED) is 0.0549. The molecule has 0 N–H and O–H groups in total. The second-order valence-electron chi connectivity index (χ2n) is 47.8. The highest BCUT2D eigenvalue weighted by Crippen LogP contribution is 2.54. The Labute approximate surface area is 602 Å². The van der Waals surface area contributed by atoms with Crippen LogP contribution in [0.25, 0.3) is 0 Å². The maximum absolute atomic E-state index is 4.21. The summed E-state index contributed by atoms with van der Waals surface area (Å²) in [4.78, 5) is 0. The van der Waals surface area contributed by atoms with E-state index in [1.165, 1.54) is 138 Å². The van der Waals surface area contributed by atoms with Gasteiger partial charge in [0.15, 0.2) is 0 Å². The minimum atomic E-state index is 0.239. The molecule has 0 rings (SSSR count). The molecular formula is C94H190. The fraction of sp³-hybridized carbons (Fsp3) is 0.915. The van der Waals surface area contributed by atoms with Crippen molar-refractivity contribution in [2.24, 2.45) is 110 Å². The van der Waals surface area contributed by atoms with Crippen molar-refractivity contribution in [2.45, 2.75) is 447 Å². The lowest BCUT2D eigenvalue weighted by atomic mass is 9.59. The summed E-state index contributed by atoms with van der Waals surface area (Å²) in [6, 6.07) is 0. The van der Waals surface area contributed by atoms with E-state index in [1.807, 2.05) is 13.8 Å². The van der Waals surface area contributed by atoms with E-state index in [0.717, 1.165) is 36.5 Å². The first kappa shape index (κ1) is 102. The first-order valence-electron chi connectivity index (χ1n) is 39.3. The van der Waals surface area contributed by atoms with E-state index in [-0.39, 0.29) is 5.41 Å². The van der Waals surface area contributed by atoms with Gasteiger partial charge in [0, 0.05) is 0 Å². The van der Waals surface area contributed by atoms with Gasteiger partial charge in [-0.05, 0) is 254 Å². The molecule has 0 aromatic rings. The highest BCUT2D eigenvalue weighted by Gasteiger charge is 2.42. The van der Waals surface area contributed by atoms with E-state index in [2.05, 4.69) is 331 Å². The lowest BCUT2D eigenvalue weighted by Gasteiger charge is -2.46. The predicted molar refractivity (Wildman–Crippen MR) is 443 cm³/mol. The smallest absolute Gasteiger partial charge is 0.0145 e. The average Bonchev–Trinajstić information content (AvgIpc) is 0.821. The number of allylic oxidation sites excluding steroid dienone is 4. The first-order valence-corrected chi connectivity index (χ1v) is 39.3. The second kappa shape index (κ2) is 39.4. The van der Waals surface area contributed by atoms with Gasteiger partial charge in [-0.25, -0.2) is 0 Å². The fourth-order valence-electron chi connectivity index (χ4n) is 20.8. The summed E-state index contributed by atoms with van der Waals surface area (Å²) in [6.07, 6.45) is 25.6. The Morgan fingerprint density at radius 3 is 0.787 bits per heavy atom. The van der Waals surface area contributed by atoms with Crippen LogP contribution in [0.15, 0.2) is 48.6 Å². The van der Waals surface area contributed by atoms with Crippen LogP contribution in [-0.4, -0.2) is 0 Å². The van der Waals surface area contributed by atoms with Gasteiger partial charge in [0.1, 0.15) is 0 Å². The van der Waals surface area contributed by atoms with Gasteiger partial charge < -0.3 is 0 Å². The Kier molecular flexibility index (Phi) is 42.6. The first-order chi connectivity index (χ1) is 40.7. The summed E-state index contributed by atoms with van der Waals surface area (Å²) in [6.45, 7) is 126. The molecule has 0 aromatic carbocycles. The van der Waals surface area contributed by atoms with Gasteiger partial charge in [0.25, 0.3) is 0 Å². The highest BCUT2D eigenvalue weighted by molar-refractivity contribution is 5.05. The summed E-state index contributed by atoms with van der Waals surface area (Å²) in [5.74, 6) is 3.20. The SMILES string of the molecule is C=C(C)C.C=C(C)C(C)(C)CC(C)(C)CC[C@H](C)CC(C)(C)CC(C)(C)CC(C)(C)C.C=C(C)CC(C)(C)CC(C)(C)C[C@@H](CC(C)(C)CC(C)(C)CC(C)(C)C)C(C)C.C=C(C)CC(C)(C)CC(C)(C)C[C@](C)(CC)CC(C)(C)CC(C)(C)CC(C)(C)C.CCC(C)C. The minimum absolute atomic E-state index is 0.239. The Balaban J connectivity index is -0.000000394. The van der Waals surface area contributed by atoms with E-state index in [1.54, 1.807) is 0 Å². The molecule has 0 heteroatoms. The van der Waals surface area contributed by atoms with Gasteiger partial charge in [-0.15, -0.1) is 19.7 Å². The Bertz CT molecular complexity index is 2100. The van der Waals surface area contributed by atoms with Crippen LogP contribution in [0.5, 0.6) is 0 Å². The van der Waals surface area contributed by atoms with Crippen molar-refractivity contribution in [1.29, 1.82) is 0 Å². The maximum atomic E-state index is 4.21. The van der Waals surface area contributed by atoms with Gasteiger partial charge in [-0.1, -0.05) is 332 Å². The summed E-state index contributed by atoms with van der Waals surface area (Å²) < 4.78 is 0. The van der Waals surface area contributed by atoms with Crippen LogP contribution in [0.4, 0.5) is 0 Å². The Morgan fingerprint density at radius 2 is 0.553 bits per heavy atom. The van der Waals surface area contributed by atoms with E-state index in [0.29, 0.717) is 81.2 Å². The third-order valence-corrected chi connectivity index (χ3v) is 19.7. The monoisotopic (exact) mass is 1320 g/mol. The lowest BCUT2D eigenvalue weighted by molar-refractivity contribution is 0.0474. The molecule has 0 aromatic heterocycles. The minimum Gasteiger partial charge on any atom is -0.100 e. The molecular weight excluding hydrogens is 1130 g/mol. The van der Waals surface area contributed by atoms with Crippen LogP contribution in [0.2, 0.25) is 0 Å². The molecule has 0 nitrogen and oxygen atoms in total. The number of hydrogen-bond donors (Lipinski definition) is 0. The van der Waals surface area contributed by atoms with Crippen molar-refractivity contribution in [2.75, 3.05) is 0 Å². The van der Waals surface area contributed by atoms with Crippen molar-refractivity contribution >= 4 is 0 Å². The second-order valence-corrected chi connectivity index (χ2v) is 47.8. The lowest BCUT2D eigenvalue weighted by Crippen LogP contribution is -2.35. The highest BCUT2D eigenvalue weighted by atomic mass is 14.5. The molecule has 0 spiro atoms. The molecule has 0 saturated heterocycles. The zero-order chi connectivity index (χ0) is 76.8. The summed E-state index contributed by atoms with van der Waals surface area (Å²) >= 11 is 0. The molecule has 0 aliphatic heterocycles. The van der Waals surface area contributed by atoms with Crippen molar-refractivity contribution in [3.05, 3.63) is 48.6 Å². The van der Waals surface area contributed by atoms with Gasteiger partial charge in [0.2, 0.25) is 0 Å². The van der Waals surface area contributed by atoms with Gasteiger partial charge >= 0.3 is 0 Å². The van der Waals surface area contributed by atoms with Crippen molar-refractivity contribution < 1.29 is 0 Å². The van der Waals surface area contributed by atoms with E-state index in [9.17, 15) is 0 Å². The van der Waals surface area contributed by atoms with Crippen molar-refractivity contribution in [3.8, 4) is 0 Å². The predicted octanol–water partition coefficient (Wildman–Crippen LogP) is 34.1. The largest absolute Gasteiger partial charge is 0.100 e. The molecule has 0 aliphatic rings. The molecule has 0 radical (unpaired) electrons. The van der Waals surface area contributed by atoms with Crippen molar-refractivity contribution in [3.63, 3.8) is 0 Å². The van der Waals surface area contributed by atoms with E-state index >= 15 is 0 Å². The van der Waals surface area contributed by atoms with Gasteiger partial charge in [-0.3, -0.25) is 0 Å². The van der Waals surface area contributed by atoms with Crippen molar-refractivity contribution in [1.82, 2.24) is 0 Å². The molecule has 0 bridgehead atoms. The molecule has 0 heterocycles. The zero-order valence-corrected chi connectivity index (χ0v) is 75.3. The van der Waals surface area contributed by atoms with E-state index in [4.69, 9.17) is 0 Å². The van der Waals surface area contributed by atoms with Crippen LogP contribution < -0.4 is 0 Å². The topological polar surface area (TPSA) is 0 Å². The molecule has 566 valence electrons. The number of hydrogen-bond acceptors (Lipinski definition) is 0. The maximum Gasteiger partial charge on any atom is -0.0145 e. The molecule has 0 unspecified atom stereocenters. The van der Waals surface area contributed by atoms with E-state index < -0.39 is 0 Å². The van der Waals surface area contributed by atoms with Crippen LogP contribution in [0.3, 0.4) is 0 Å². The number of rotatable bonds is 36. The van der Waals surface area contributed by atoms with Crippen LogP contribution in [0.1, 0.15) is 447 Å². The zero-order valence-electron chi connectivity index (χ0n) is 75.3. The molecule has 0 aliphatic carbocycles. The third-order valence-electron chi connectivity index (χ3n) is 19.7. The third kappa shape index (κ3) is 59.8. The molecule has 0 saturated carbocycles.